The first-order chi connectivity index (χ1) is 15.1. The van der Waals surface area contributed by atoms with Gasteiger partial charge in [0.15, 0.2) is 16.0 Å². The van der Waals surface area contributed by atoms with Gasteiger partial charge in [-0.05, 0) is 30.5 Å². The highest BCUT2D eigenvalue weighted by Gasteiger charge is 2.42. The van der Waals surface area contributed by atoms with Gasteiger partial charge in [-0.3, -0.25) is 20.9 Å². The normalized spacial score (nSPS) is 33.9. The van der Waals surface area contributed by atoms with Crippen LogP contribution in [0.3, 0.4) is 0 Å². The Morgan fingerprint density at radius 2 is 1.94 bits per heavy atom. The largest absolute Gasteiger partial charge is 0.416 e. The van der Waals surface area contributed by atoms with Crippen LogP contribution in [0.2, 0.25) is 0 Å². The summed E-state index contributed by atoms with van der Waals surface area (Å²) in [5, 5.41) is 9.17. The number of sulfone groups is 1. The van der Waals surface area contributed by atoms with Crippen molar-refractivity contribution in [3.8, 4) is 0 Å². The number of likely N-dealkylation sites (tertiary alicyclic amines) is 1. The molecule has 180 valence electrons. The Hall–Kier alpha value is -1.31. The van der Waals surface area contributed by atoms with E-state index in [9.17, 15) is 21.6 Å². The Morgan fingerprint density at radius 1 is 1.19 bits per heavy atom. The summed E-state index contributed by atoms with van der Waals surface area (Å²) in [5.74, 6) is -0.0866. The molecule has 0 spiro atoms. The molecule has 1 aromatic carbocycles. The Kier molecular flexibility index (Phi) is 7.08. The minimum atomic E-state index is -4.39. The third-order valence-corrected chi connectivity index (χ3v) is 7.95. The summed E-state index contributed by atoms with van der Waals surface area (Å²) in [6.07, 6.45) is -6.06. The molecule has 0 saturated carbocycles. The third-order valence-electron chi connectivity index (χ3n) is 6.28. The summed E-state index contributed by atoms with van der Waals surface area (Å²) >= 11 is 0. The van der Waals surface area contributed by atoms with Gasteiger partial charge in [0.25, 0.3) is 0 Å². The maximum absolute atomic E-state index is 15.4. The highest BCUT2D eigenvalue weighted by Crippen LogP contribution is 2.36. The van der Waals surface area contributed by atoms with Crippen LogP contribution in [-0.2, 0) is 20.8 Å². The molecule has 1 aromatic rings. The fraction of sp³-hybridized carbons (Fsp3) is 0.700. The number of hydrogen-bond donors (Lipinski definition) is 3. The van der Waals surface area contributed by atoms with Crippen LogP contribution in [0.4, 0.5) is 17.6 Å². The van der Waals surface area contributed by atoms with Crippen molar-refractivity contribution >= 4 is 9.84 Å². The monoisotopic (exact) mass is 480 g/mol. The number of nitrogens with zero attached hydrogens (tertiary/aromatic N) is 1. The lowest BCUT2D eigenvalue weighted by Crippen LogP contribution is -2.68. The summed E-state index contributed by atoms with van der Waals surface area (Å²) in [5.41, 5.74) is 0.0266. The second-order valence-corrected chi connectivity index (χ2v) is 10.7. The van der Waals surface area contributed by atoms with Crippen molar-refractivity contribution in [2.45, 2.75) is 49.7 Å². The highest BCUT2D eigenvalue weighted by molar-refractivity contribution is 7.91. The molecule has 5 atom stereocenters. The molecule has 12 heteroatoms. The van der Waals surface area contributed by atoms with Crippen LogP contribution >= 0.6 is 0 Å². The highest BCUT2D eigenvalue weighted by atomic mass is 32.2. The van der Waals surface area contributed by atoms with Crippen molar-refractivity contribution in [3.05, 3.63) is 35.4 Å². The van der Waals surface area contributed by atoms with Crippen LogP contribution in [0.1, 0.15) is 30.0 Å². The minimum Gasteiger partial charge on any atom is -0.375 e. The second-order valence-electron chi connectivity index (χ2n) is 8.48. The van der Waals surface area contributed by atoms with Gasteiger partial charge in [-0.15, -0.1) is 0 Å². The Balaban J connectivity index is 1.40. The van der Waals surface area contributed by atoms with Crippen molar-refractivity contribution in [3.63, 3.8) is 0 Å². The molecule has 0 bridgehead atoms. The molecule has 3 aliphatic heterocycles. The number of nitrogens with one attached hydrogen (secondary N) is 3. The molecule has 3 N–H and O–H groups in total. The molecule has 4 rings (SSSR count). The maximum Gasteiger partial charge on any atom is 0.416 e. The molecule has 3 heterocycles. The fourth-order valence-corrected chi connectivity index (χ4v) is 5.97. The summed E-state index contributed by atoms with van der Waals surface area (Å²) in [4.78, 5) is 1.96. The van der Waals surface area contributed by atoms with E-state index in [1.165, 1.54) is 12.1 Å². The van der Waals surface area contributed by atoms with E-state index in [2.05, 4.69) is 16.0 Å². The van der Waals surface area contributed by atoms with Crippen LogP contribution in [0, 0.1) is 0 Å². The lowest BCUT2D eigenvalue weighted by Gasteiger charge is -2.42. The van der Waals surface area contributed by atoms with E-state index in [0.29, 0.717) is 13.2 Å². The molecule has 0 aromatic heterocycles. The van der Waals surface area contributed by atoms with E-state index >= 15 is 4.39 Å². The number of benzene rings is 1. The summed E-state index contributed by atoms with van der Waals surface area (Å²) in [6.45, 7) is 1.30. The first-order valence-corrected chi connectivity index (χ1v) is 12.6. The van der Waals surface area contributed by atoms with Gasteiger partial charge < -0.3 is 4.74 Å². The van der Waals surface area contributed by atoms with Crippen molar-refractivity contribution in [2.24, 2.45) is 0 Å². The van der Waals surface area contributed by atoms with Crippen LogP contribution in [-0.4, -0.2) is 75.8 Å². The van der Waals surface area contributed by atoms with Crippen molar-refractivity contribution in [1.82, 2.24) is 20.9 Å². The maximum atomic E-state index is 15.4. The molecule has 4 unspecified atom stereocenters. The Morgan fingerprint density at radius 3 is 2.62 bits per heavy atom. The van der Waals surface area contributed by atoms with Crippen molar-refractivity contribution in [1.29, 1.82) is 0 Å². The molecule has 0 aliphatic carbocycles. The van der Waals surface area contributed by atoms with E-state index in [4.69, 9.17) is 4.74 Å². The summed E-state index contributed by atoms with van der Waals surface area (Å²) < 4.78 is 83.1. The predicted molar refractivity (Wildman–Crippen MR) is 110 cm³/mol. The number of rotatable bonds is 5. The number of hydrogen-bond acceptors (Lipinski definition) is 7. The average molecular weight is 481 g/mol. The smallest absolute Gasteiger partial charge is 0.375 e. The number of halogens is 4. The van der Waals surface area contributed by atoms with E-state index < -0.39 is 46.2 Å². The van der Waals surface area contributed by atoms with E-state index in [1.54, 1.807) is 0 Å². The lowest BCUT2D eigenvalue weighted by molar-refractivity contribution is -0.137. The minimum absolute atomic E-state index is 0.00318. The van der Waals surface area contributed by atoms with Crippen molar-refractivity contribution < 1.29 is 30.7 Å². The predicted octanol–water partition coefficient (Wildman–Crippen LogP) is 1.39. The number of alkyl halides is 4. The third kappa shape index (κ3) is 5.42. The van der Waals surface area contributed by atoms with Crippen molar-refractivity contribution in [2.75, 3.05) is 37.9 Å². The van der Waals surface area contributed by atoms with Gasteiger partial charge >= 0.3 is 6.18 Å². The lowest BCUT2D eigenvalue weighted by atomic mass is 10.0. The van der Waals surface area contributed by atoms with Gasteiger partial charge in [-0.25, -0.2) is 12.8 Å². The molecule has 3 fully saturated rings. The van der Waals surface area contributed by atoms with Gasteiger partial charge in [-0.1, -0.05) is 12.1 Å². The van der Waals surface area contributed by atoms with Gasteiger partial charge in [0.05, 0.1) is 42.1 Å². The zero-order valence-electron chi connectivity index (χ0n) is 17.4. The molecule has 0 radical (unpaired) electrons. The molecular weight excluding hydrogens is 452 g/mol. The van der Waals surface area contributed by atoms with Crippen LogP contribution in [0.25, 0.3) is 0 Å². The van der Waals surface area contributed by atoms with Crippen LogP contribution in [0.5, 0.6) is 0 Å². The second kappa shape index (κ2) is 9.51. The molecule has 32 heavy (non-hydrogen) atoms. The van der Waals surface area contributed by atoms with E-state index in [-0.39, 0.29) is 30.7 Å². The van der Waals surface area contributed by atoms with E-state index in [1.807, 2.05) is 4.90 Å². The van der Waals surface area contributed by atoms with Gasteiger partial charge in [0.1, 0.15) is 0 Å². The molecule has 3 aliphatic rings. The van der Waals surface area contributed by atoms with Crippen LogP contribution < -0.4 is 16.0 Å². The van der Waals surface area contributed by atoms with Gasteiger partial charge in [-0.2, -0.15) is 13.2 Å². The Bertz CT molecular complexity index is 884. The zero-order chi connectivity index (χ0) is 22.9. The van der Waals surface area contributed by atoms with Gasteiger partial charge in [0, 0.05) is 25.8 Å². The molecule has 7 nitrogen and oxygen atoms in total. The summed E-state index contributed by atoms with van der Waals surface area (Å²) in [7, 11) is -3.14. The van der Waals surface area contributed by atoms with E-state index in [0.717, 1.165) is 30.5 Å². The standard InChI is InChI=1S/C20H28F4N4O3S/c21-17-18(25-10-15-11-32(29,30)9-8-31-15)26-12-27-19(17)28-7-1-2-16(28)13-3-5-14(6-4-13)20(22,23)24/h3-6,15-19,25-27H,1-2,7-12H2/t15?,16-,17?,18?,19?/m1/s1. The first kappa shape index (κ1) is 23.8. The fourth-order valence-electron chi connectivity index (χ4n) is 4.67. The quantitative estimate of drug-likeness (QED) is 0.550. The first-order valence-electron chi connectivity index (χ1n) is 10.7. The average Bonchev–Trinajstić information content (AvgIpc) is 3.21. The molecular formula is C20H28F4N4O3S. The zero-order valence-corrected chi connectivity index (χ0v) is 18.3. The SMILES string of the molecule is O=S1(=O)CCOC(CNC2NCNC(N3CCC[C@@H]3c3ccc(C(F)(F)F)cc3)C2F)C1. The topological polar surface area (TPSA) is 82.7 Å². The Labute approximate surface area is 184 Å². The van der Waals surface area contributed by atoms with Gasteiger partial charge in [0.2, 0.25) is 0 Å². The molecule has 0 amide bonds. The number of ether oxygens (including phenoxy) is 1. The molecule has 3 saturated heterocycles. The van der Waals surface area contributed by atoms with Crippen LogP contribution in [0.15, 0.2) is 24.3 Å². The summed E-state index contributed by atoms with van der Waals surface area (Å²) in [6, 6.07) is 4.89.